The molecule has 0 spiro atoms. The molecule has 0 saturated heterocycles. The van der Waals surface area contributed by atoms with Crippen molar-refractivity contribution in [3.8, 4) is 11.5 Å². The van der Waals surface area contributed by atoms with E-state index < -0.39 is 0 Å². The standard InChI is InChI=1S/C15H17N3O2/c16-12-2-1-6-17-15(12)18-7-5-11-3-4-13-14(10-11)20-9-8-19-13/h1-4,6,10H,5,7-9,16H2,(H,17,18). The SMILES string of the molecule is Nc1cccnc1NCCc1ccc2c(c1)OCCO2. The summed E-state index contributed by atoms with van der Waals surface area (Å²) in [5.74, 6) is 2.37. The highest BCUT2D eigenvalue weighted by atomic mass is 16.6. The topological polar surface area (TPSA) is 69.4 Å². The summed E-state index contributed by atoms with van der Waals surface area (Å²) >= 11 is 0. The number of nitrogens with zero attached hydrogens (tertiary/aromatic N) is 1. The second-order valence-electron chi connectivity index (χ2n) is 4.60. The summed E-state index contributed by atoms with van der Waals surface area (Å²) in [5.41, 5.74) is 7.68. The van der Waals surface area contributed by atoms with Crippen LogP contribution in [0.4, 0.5) is 11.5 Å². The minimum Gasteiger partial charge on any atom is -0.486 e. The van der Waals surface area contributed by atoms with Gasteiger partial charge in [0.1, 0.15) is 19.0 Å². The molecule has 5 heteroatoms. The highest BCUT2D eigenvalue weighted by Crippen LogP contribution is 2.30. The largest absolute Gasteiger partial charge is 0.486 e. The molecule has 1 aromatic carbocycles. The van der Waals surface area contributed by atoms with Gasteiger partial charge in [-0.3, -0.25) is 0 Å². The van der Waals surface area contributed by atoms with E-state index in [1.807, 2.05) is 24.3 Å². The van der Waals surface area contributed by atoms with Crippen LogP contribution in [0.5, 0.6) is 11.5 Å². The van der Waals surface area contributed by atoms with Gasteiger partial charge in [0.25, 0.3) is 0 Å². The third-order valence-electron chi connectivity index (χ3n) is 3.15. The minimum absolute atomic E-state index is 0.610. The van der Waals surface area contributed by atoms with Gasteiger partial charge in [-0.2, -0.15) is 0 Å². The molecule has 0 unspecified atom stereocenters. The fourth-order valence-corrected chi connectivity index (χ4v) is 2.13. The number of pyridine rings is 1. The van der Waals surface area contributed by atoms with Crippen LogP contribution in [0.25, 0.3) is 0 Å². The van der Waals surface area contributed by atoms with E-state index >= 15 is 0 Å². The van der Waals surface area contributed by atoms with Crippen LogP contribution in [0, 0.1) is 0 Å². The first-order chi connectivity index (χ1) is 9.83. The number of anilines is 2. The average Bonchev–Trinajstić information content (AvgIpc) is 2.49. The number of nitrogens with one attached hydrogen (secondary N) is 1. The van der Waals surface area contributed by atoms with E-state index in [0.29, 0.717) is 18.9 Å². The summed E-state index contributed by atoms with van der Waals surface area (Å²) in [6.45, 7) is 1.99. The molecule has 3 rings (SSSR count). The van der Waals surface area contributed by atoms with Crippen molar-refractivity contribution in [2.24, 2.45) is 0 Å². The third kappa shape index (κ3) is 2.77. The highest BCUT2D eigenvalue weighted by Gasteiger charge is 2.11. The number of hydrogen-bond donors (Lipinski definition) is 2. The molecule has 2 aromatic rings. The number of hydrogen-bond acceptors (Lipinski definition) is 5. The van der Waals surface area contributed by atoms with Crippen LogP contribution >= 0.6 is 0 Å². The van der Waals surface area contributed by atoms with Crippen molar-refractivity contribution < 1.29 is 9.47 Å². The van der Waals surface area contributed by atoms with E-state index in [-0.39, 0.29) is 0 Å². The van der Waals surface area contributed by atoms with E-state index in [1.54, 1.807) is 6.20 Å². The lowest BCUT2D eigenvalue weighted by Crippen LogP contribution is -2.15. The van der Waals surface area contributed by atoms with E-state index in [0.717, 1.165) is 30.3 Å². The fourth-order valence-electron chi connectivity index (χ4n) is 2.13. The van der Waals surface area contributed by atoms with Crippen LogP contribution < -0.4 is 20.5 Å². The molecule has 0 atom stereocenters. The third-order valence-corrected chi connectivity index (χ3v) is 3.15. The van der Waals surface area contributed by atoms with Crippen molar-refractivity contribution >= 4 is 11.5 Å². The van der Waals surface area contributed by atoms with Crippen LogP contribution in [0.1, 0.15) is 5.56 Å². The molecule has 104 valence electrons. The van der Waals surface area contributed by atoms with Gasteiger partial charge in [0.2, 0.25) is 0 Å². The Kier molecular flexibility index (Phi) is 3.58. The molecule has 1 aliphatic rings. The molecule has 0 saturated carbocycles. The summed E-state index contributed by atoms with van der Waals surface area (Å²) in [4.78, 5) is 4.20. The van der Waals surface area contributed by atoms with Crippen molar-refractivity contribution in [3.63, 3.8) is 0 Å². The number of aromatic nitrogens is 1. The first-order valence-electron chi connectivity index (χ1n) is 6.66. The Labute approximate surface area is 117 Å². The molecular weight excluding hydrogens is 254 g/mol. The molecule has 0 radical (unpaired) electrons. The summed E-state index contributed by atoms with van der Waals surface area (Å²) in [6.07, 6.45) is 2.59. The zero-order chi connectivity index (χ0) is 13.8. The lowest BCUT2D eigenvalue weighted by atomic mass is 10.1. The molecule has 1 aromatic heterocycles. The fraction of sp³-hybridized carbons (Fsp3) is 0.267. The molecule has 20 heavy (non-hydrogen) atoms. The Morgan fingerprint density at radius 1 is 1.15 bits per heavy atom. The van der Waals surface area contributed by atoms with Gasteiger partial charge in [-0.25, -0.2) is 4.98 Å². The van der Waals surface area contributed by atoms with Crippen LogP contribution in [-0.2, 0) is 6.42 Å². The second-order valence-corrected chi connectivity index (χ2v) is 4.60. The number of fused-ring (bicyclic) bond motifs is 1. The van der Waals surface area contributed by atoms with Gasteiger partial charge >= 0.3 is 0 Å². The monoisotopic (exact) mass is 271 g/mol. The van der Waals surface area contributed by atoms with Crippen LogP contribution in [0.2, 0.25) is 0 Å². The molecule has 0 aliphatic carbocycles. The first kappa shape index (κ1) is 12.6. The zero-order valence-corrected chi connectivity index (χ0v) is 11.1. The molecule has 0 amide bonds. The minimum atomic E-state index is 0.610. The second kappa shape index (κ2) is 5.69. The Morgan fingerprint density at radius 2 is 2.00 bits per heavy atom. The molecule has 2 heterocycles. The number of nitrogen functional groups attached to an aromatic ring is 1. The van der Waals surface area contributed by atoms with E-state index in [2.05, 4.69) is 16.4 Å². The van der Waals surface area contributed by atoms with Crippen molar-refractivity contribution in [1.82, 2.24) is 4.98 Å². The Balaban J connectivity index is 1.60. The number of rotatable bonds is 4. The molecule has 1 aliphatic heterocycles. The van der Waals surface area contributed by atoms with Gasteiger partial charge in [-0.1, -0.05) is 6.07 Å². The molecule has 5 nitrogen and oxygen atoms in total. The van der Waals surface area contributed by atoms with Crippen LogP contribution in [-0.4, -0.2) is 24.7 Å². The number of nitrogens with two attached hydrogens (primary N) is 1. The van der Waals surface area contributed by atoms with Crippen molar-refractivity contribution in [1.29, 1.82) is 0 Å². The summed E-state index contributed by atoms with van der Waals surface area (Å²) < 4.78 is 11.1. The first-order valence-corrected chi connectivity index (χ1v) is 6.66. The van der Waals surface area contributed by atoms with Crippen molar-refractivity contribution in [2.45, 2.75) is 6.42 Å². The lowest BCUT2D eigenvalue weighted by Gasteiger charge is -2.19. The summed E-state index contributed by atoms with van der Waals surface area (Å²) in [6, 6.07) is 9.69. The number of benzene rings is 1. The normalized spacial score (nSPS) is 13.0. The smallest absolute Gasteiger partial charge is 0.161 e. The van der Waals surface area contributed by atoms with Crippen molar-refractivity contribution in [2.75, 3.05) is 30.8 Å². The highest BCUT2D eigenvalue weighted by molar-refractivity contribution is 5.60. The maximum atomic E-state index is 5.83. The van der Waals surface area contributed by atoms with Gasteiger partial charge in [-0.15, -0.1) is 0 Å². The maximum absolute atomic E-state index is 5.83. The molecule has 3 N–H and O–H groups in total. The zero-order valence-electron chi connectivity index (χ0n) is 11.1. The van der Waals surface area contributed by atoms with E-state index in [1.165, 1.54) is 5.56 Å². The van der Waals surface area contributed by atoms with Crippen molar-refractivity contribution in [3.05, 3.63) is 42.1 Å². The van der Waals surface area contributed by atoms with E-state index in [9.17, 15) is 0 Å². The number of ether oxygens (including phenoxy) is 2. The predicted octanol–water partition coefficient (Wildman–Crippen LogP) is 2.09. The van der Waals surface area contributed by atoms with Gasteiger partial charge in [-0.05, 0) is 36.2 Å². The Morgan fingerprint density at radius 3 is 2.85 bits per heavy atom. The van der Waals surface area contributed by atoms with Gasteiger partial charge in [0, 0.05) is 12.7 Å². The van der Waals surface area contributed by atoms with Crippen LogP contribution in [0.15, 0.2) is 36.5 Å². The average molecular weight is 271 g/mol. The molecule has 0 fully saturated rings. The quantitative estimate of drug-likeness (QED) is 0.891. The van der Waals surface area contributed by atoms with Gasteiger partial charge < -0.3 is 20.5 Å². The summed E-state index contributed by atoms with van der Waals surface area (Å²) in [7, 11) is 0. The van der Waals surface area contributed by atoms with Crippen LogP contribution in [0.3, 0.4) is 0 Å². The Hall–Kier alpha value is -2.43. The lowest BCUT2D eigenvalue weighted by molar-refractivity contribution is 0.171. The Bertz CT molecular complexity index is 601. The van der Waals surface area contributed by atoms with Gasteiger partial charge in [0.15, 0.2) is 11.5 Å². The maximum Gasteiger partial charge on any atom is 0.161 e. The van der Waals surface area contributed by atoms with Gasteiger partial charge in [0.05, 0.1) is 5.69 Å². The molecular formula is C15H17N3O2. The predicted molar refractivity (Wildman–Crippen MR) is 78.3 cm³/mol. The molecule has 0 bridgehead atoms. The summed E-state index contributed by atoms with van der Waals surface area (Å²) in [5, 5.41) is 3.23. The van der Waals surface area contributed by atoms with E-state index in [4.69, 9.17) is 15.2 Å².